The normalized spacial score (nSPS) is 12.4. The van der Waals surface area contributed by atoms with E-state index >= 15 is 0 Å². The number of benzene rings is 2. The summed E-state index contributed by atoms with van der Waals surface area (Å²) in [6.07, 6.45) is 0.791. The highest BCUT2D eigenvalue weighted by Gasteiger charge is 2.28. The Kier molecular flexibility index (Phi) is 3.23. The monoisotopic (exact) mass is 280 g/mol. The third-order valence-electron chi connectivity index (χ3n) is 3.56. The fourth-order valence-corrected chi connectivity index (χ4v) is 3.31. The third-order valence-corrected chi connectivity index (χ3v) is 4.29. The van der Waals surface area contributed by atoms with Gasteiger partial charge in [0, 0.05) is 22.3 Å². The van der Waals surface area contributed by atoms with Crippen LogP contribution in [-0.2, 0) is 11.2 Å². The molecule has 98 valence electrons. The van der Waals surface area contributed by atoms with Gasteiger partial charge in [0.2, 0.25) is 0 Å². The van der Waals surface area contributed by atoms with Gasteiger partial charge in [-0.1, -0.05) is 49.4 Å². The molecule has 2 aromatic rings. The van der Waals surface area contributed by atoms with E-state index in [2.05, 4.69) is 0 Å². The Morgan fingerprint density at radius 2 is 1.70 bits per heavy atom. The Labute approximate surface area is 120 Å². The molecule has 0 amide bonds. The van der Waals surface area contributed by atoms with E-state index in [1.54, 1.807) is 0 Å². The zero-order valence-electron chi connectivity index (χ0n) is 11.0. The summed E-state index contributed by atoms with van der Waals surface area (Å²) < 4.78 is 0. The molecule has 0 radical (unpaired) electrons. The Balaban J connectivity index is 2.45. The highest BCUT2D eigenvalue weighted by molar-refractivity contribution is 7.97. The lowest BCUT2D eigenvalue weighted by Crippen LogP contribution is -2.21. The van der Waals surface area contributed by atoms with Gasteiger partial charge in [-0.15, -0.1) is 0 Å². The van der Waals surface area contributed by atoms with Crippen LogP contribution in [0.15, 0.2) is 42.5 Å². The Morgan fingerprint density at radius 1 is 1.00 bits per heavy atom. The van der Waals surface area contributed by atoms with Crippen molar-refractivity contribution in [2.24, 2.45) is 0 Å². The maximum atomic E-state index is 12.7. The summed E-state index contributed by atoms with van der Waals surface area (Å²) in [5, 5.41) is 1.89. The van der Waals surface area contributed by atoms with Crippen molar-refractivity contribution in [3.8, 4) is 0 Å². The molecule has 0 heterocycles. The number of fused-ring (bicyclic) bond motifs is 2. The smallest absolute Gasteiger partial charge is 0.194 e. The summed E-state index contributed by atoms with van der Waals surface area (Å²) in [5.74, 6) is 0.0447. The average Bonchev–Trinajstić information content (AvgIpc) is 2.50. The quantitative estimate of drug-likeness (QED) is 0.642. The summed E-state index contributed by atoms with van der Waals surface area (Å²) in [5.41, 5.74) is 4.09. The van der Waals surface area contributed by atoms with Gasteiger partial charge < -0.3 is 0 Å². The molecule has 0 bridgehead atoms. The van der Waals surface area contributed by atoms with Gasteiger partial charge in [0.1, 0.15) is 0 Å². The number of aryl methyl sites for hydroxylation is 1. The molecule has 2 aromatic carbocycles. The van der Waals surface area contributed by atoms with E-state index in [9.17, 15) is 9.59 Å². The molecule has 0 unspecified atom stereocenters. The van der Waals surface area contributed by atoms with Crippen molar-refractivity contribution in [1.82, 2.24) is 0 Å². The molecule has 0 saturated heterocycles. The van der Waals surface area contributed by atoms with Gasteiger partial charge in [-0.3, -0.25) is 4.79 Å². The molecule has 0 fully saturated rings. The van der Waals surface area contributed by atoms with Gasteiger partial charge in [-0.2, -0.15) is 0 Å². The second kappa shape index (κ2) is 5.04. The first-order valence-corrected chi connectivity index (χ1v) is 7.27. The molecule has 0 aliphatic heterocycles. The minimum Gasteiger partial charge on any atom is -0.289 e. The lowest BCUT2D eigenvalue weighted by atomic mass is 9.82. The van der Waals surface area contributed by atoms with Crippen molar-refractivity contribution < 1.29 is 9.59 Å². The molecular formula is C17H12O2S. The van der Waals surface area contributed by atoms with Crippen molar-refractivity contribution >= 4 is 26.8 Å². The van der Waals surface area contributed by atoms with Gasteiger partial charge in [-0.25, -0.2) is 4.79 Å². The molecule has 3 heteroatoms. The molecule has 0 spiro atoms. The molecule has 0 saturated carbocycles. The number of ketones is 1. The summed E-state index contributed by atoms with van der Waals surface area (Å²) in [6, 6.07) is 13.2. The van der Waals surface area contributed by atoms with E-state index in [0.717, 1.165) is 44.5 Å². The van der Waals surface area contributed by atoms with E-state index in [-0.39, 0.29) is 5.78 Å². The van der Waals surface area contributed by atoms with Crippen molar-refractivity contribution in [2.75, 3.05) is 0 Å². The van der Waals surface area contributed by atoms with Crippen LogP contribution >= 0.6 is 10.9 Å². The van der Waals surface area contributed by atoms with Crippen LogP contribution in [0.2, 0.25) is 0 Å². The first kappa shape index (κ1) is 12.8. The van der Waals surface area contributed by atoms with Crippen LogP contribution in [0.1, 0.15) is 39.5 Å². The van der Waals surface area contributed by atoms with Gasteiger partial charge in [0.25, 0.3) is 0 Å². The maximum absolute atomic E-state index is 12.7. The van der Waals surface area contributed by atoms with Crippen LogP contribution in [0, 0.1) is 0 Å². The second-order valence-electron chi connectivity index (χ2n) is 4.58. The molecule has 1 aliphatic carbocycles. The third kappa shape index (κ3) is 1.80. The lowest BCUT2D eigenvalue weighted by molar-refractivity contribution is 0.103. The average molecular weight is 280 g/mol. The fraction of sp³-hybridized carbons (Fsp3) is 0.118. The van der Waals surface area contributed by atoms with Crippen molar-refractivity contribution in [3.63, 3.8) is 0 Å². The number of carbonyl (C=O) groups is 1. The SMILES string of the molecule is CCc1cccc2c1C(=O)c1ccccc1C2=S=C=O. The lowest BCUT2D eigenvalue weighted by Gasteiger charge is -2.21. The zero-order chi connectivity index (χ0) is 14.1. The van der Waals surface area contributed by atoms with Crippen molar-refractivity contribution in [3.05, 3.63) is 70.3 Å². The topological polar surface area (TPSA) is 34.1 Å². The number of hydrogen-bond donors (Lipinski definition) is 0. The fourth-order valence-electron chi connectivity index (χ4n) is 2.66. The Morgan fingerprint density at radius 3 is 2.40 bits per heavy atom. The van der Waals surface area contributed by atoms with E-state index in [1.165, 1.54) is 0 Å². The molecular weight excluding hydrogens is 268 g/mol. The van der Waals surface area contributed by atoms with Crippen LogP contribution in [-0.4, -0.2) is 15.9 Å². The van der Waals surface area contributed by atoms with E-state index in [4.69, 9.17) is 0 Å². The Bertz CT molecular complexity index is 807. The van der Waals surface area contributed by atoms with Crippen LogP contribution in [0.25, 0.3) is 0 Å². The minimum atomic E-state index is 0.0447. The van der Waals surface area contributed by atoms with E-state index in [0.29, 0.717) is 5.56 Å². The first-order valence-electron chi connectivity index (χ1n) is 6.45. The number of rotatable bonds is 1. The molecule has 0 aromatic heterocycles. The molecule has 2 nitrogen and oxygen atoms in total. The van der Waals surface area contributed by atoms with Gasteiger partial charge in [0.15, 0.2) is 11.0 Å². The van der Waals surface area contributed by atoms with E-state index < -0.39 is 0 Å². The second-order valence-corrected chi connectivity index (χ2v) is 5.36. The number of carbonyl (C=O) groups excluding carboxylic acids is 2. The predicted octanol–water partition coefficient (Wildman–Crippen LogP) is 3.16. The minimum absolute atomic E-state index is 0.0447. The summed E-state index contributed by atoms with van der Waals surface area (Å²) in [4.78, 5) is 24.4. The van der Waals surface area contributed by atoms with Gasteiger partial charge >= 0.3 is 0 Å². The number of hydrogen-bond acceptors (Lipinski definition) is 2. The van der Waals surface area contributed by atoms with Crippen molar-refractivity contribution in [2.45, 2.75) is 13.3 Å². The van der Waals surface area contributed by atoms with Gasteiger partial charge in [0.05, 0.1) is 4.86 Å². The van der Waals surface area contributed by atoms with Crippen LogP contribution in [0.4, 0.5) is 0 Å². The highest BCUT2D eigenvalue weighted by atomic mass is 32.1. The van der Waals surface area contributed by atoms with Crippen molar-refractivity contribution in [1.29, 1.82) is 0 Å². The molecule has 0 atom stereocenters. The van der Waals surface area contributed by atoms with Gasteiger partial charge in [-0.05, 0) is 22.9 Å². The maximum Gasteiger partial charge on any atom is 0.194 e. The summed E-state index contributed by atoms with van der Waals surface area (Å²) in [6.45, 7) is 2.03. The molecule has 3 rings (SSSR count). The van der Waals surface area contributed by atoms with Crippen LogP contribution in [0.5, 0.6) is 0 Å². The summed E-state index contributed by atoms with van der Waals surface area (Å²) in [7, 11) is 1.02. The first-order chi connectivity index (χ1) is 9.77. The van der Waals surface area contributed by atoms with Crippen LogP contribution < -0.4 is 0 Å². The Hall–Kier alpha value is -2.22. The molecule has 0 N–H and O–H groups in total. The zero-order valence-corrected chi connectivity index (χ0v) is 11.8. The standard InChI is InChI=1S/C17H12O2S/c1-2-11-6-5-9-14-15(11)16(19)12-7-3-4-8-13(12)17(14)20-10-18/h3-9H,2H2,1H3. The predicted molar refractivity (Wildman–Crippen MR) is 82.2 cm³/mol. The van der Waals surface area contributed by atoms with Crippen LogP contribution in [0.3, 0.4) is 0 Å². The van der Waals surface area contributed by atoms with E-state index in [1.807, 2.05) is 54.6 Å². The molecule has 1 aliphatic rings. The highest BCUT2D eigenvalue weighted by Crippen LogP contribution is 2.30. The summed E-state index contributed by atoms with van der Waals surface area (Å²) >= 11 is 0. The largest absolute Gasteiger partial charge is 0.289 e. The molecule has 20 heavy (non-hydrogen) atoms.